The van der Waals surface area contributed by atoms with Crippen LogP contribution in [-0.4, -0.2) is 18.9 Å². The second-order valence-corrected chi connectivity index (χ2v) is 5.11. The highest BCUT2D eigenvalue weighted by molar-refractivity contribution is 6.30. The molecule has 0 aliphatic heterocycles. The normalized spacial score (nSPS) is 10.1. The molecule has 0 N–H and O–H groups in total. The van der Waals surface area contributed by atoms with E-state index in [9.17, 15) is 9.59 Å². The van der Waals surface area contributed by atoms with Crippen molar-refractivity contribution in [3.8, 4) is 5.75 Å². The van der Waals surface area contributed by atoms with Crippen LogP contribution in [0.2, 0.25) is 5.02 Å². The van der Waals surface area contributed by atoms with Crippen LogP contribution in [-0.2, 0) is 11.3 Å². The van der Waals surface area contributed by atoms with Crippen LogP contribution in [0, 0.1) is 0 Å². The fraction of sp³-hybridized carbons (Fsp3) is 0.176. The molecule has 114 valence electrons. The average Bonchev–Trinajstić information content (AvgIpc) is 2.53. The summed E-state index contributed by atoms with van der Waals surface area (Å²) in [6, 6.07) is 11.9. The van der Waals surface area contributed by atoms with Gasteiger partial charge in [0.05, 0.1) is 7.11 Å². The number of hydrogen-bond acceptors (Lipinski definition) is 4. The van der Waals surface area contributed by atoms with E-state index in [0.717, 1.165) is 5.56 Å². The van der Waals surface area contributed by atoms with E-state index in [4.69, 9.17) is 21.1 Å². The van der Waals surface area contributed by atoms with E-state index < -0.39 is 5.97 Å². The fourth-order valence-electron chi connectivity index (χ4n) is 1.89. The first kappa shape index (κ1) is 16.0. The largest absolute Gasteiger partial charge is 0.488 e. The third-order valence-electron chi connectivity index (χ3n) is 3.10. The maximum absolute atomic E-state index is 11.8. The van der Waals surface area contributed by atoms with Crippen molar-refractivity contribution in [3.05, 3.63) is 64.2 Å². The van der Waals surface area contributed by atoms with Crippen molar-refractivity contribution < 1.29 is 19.1 Å². The van der Waals surface area contributed by atoms with E-state index in [1.165, 1.54) is 20.1 Å². The molecule has 0 unspecified atom stereocenters. The fourth-order valence-corrected chi connectivity index (χ4v) is 2.01. The molecule has 2 aromatic rings. The third-order valence-corrected chi connectivity index (χ3v) is 3.35. The van der Waals surface area contributed by atoms with Gasteiger partial charge in [0.15, 0.2) is 5.78 Å². The first-order valence-electron chi connectivity index (χ1n) is 6.62. The quantitative estimate of drug-likeness (QED) is 0.619. The van der Waals surface area contributed by atoms with Crippen molar-refractivity contribution in [1.29, 1.82) is 0 Å². The van der Waals surface area contributed by atoms with Crippen LogP contribution in [0.5, 0.6) is 5.75 Å². The highest BCUT2D eigenvalue weighted by Gasteiger charge is 2.15. The van der Waals surface area contributed by atoms with Crippen molar-refractivity contribution in [2.75, 3.05) is 7.11 Å². The molecule has 0 aliphatic carbocycles. The molecule has 0 saturated heterocycles. The number of carbonyl (C=O) groups excluding carboxylic acids is 2. The second-order valence-electron chi connectivity index (χ2n) is 4.67. The predicted octanol–water partition coefficient (Wildman–Crippen LogP) is 3.91. The molecule has 0 bridgehead atoms. The van der Waals surface area contributed by atoms with Gasteiger partial charge in [-0.1, -0.05) is 23.7 Å². The van der Waals surface area contributed by atoms with E-state index in [-0.39, 0.29) is 18.0 Å². The zero-order chi connectivity index (χ0) is 16.1. The first-order valence-corrected chi connectivity index (χ1v) is 6.99. The maximum Gasteiger partial charge on any atom is 0.341 e. The second kappa shape index (κ2) is 7.09. The Morgan fingerprint density at radius 3 is 2.36 bits per heavy atom. The summed E-state index contributed by atoms with van der Waals surface area (Å²) >= 11 is 5.83. The molecule has 0 atom stereocenters. The molecule has 0 aromatic heterocycles. The molecule has 0 fully saturated rings. The molecule has 2 aromatic carbocycles. The van der Waals surface area contributed by atoms with Crippen LogP contribution in [0.15, 0.2) is 42.5 Å². The molecule has 0 radical (unpaired) electrons. The van der Waals surface area contributed by atoms with Gasteiger partial charge < -0.3 is 9.47 Å². The van der Waals surface area contributed by atoms with Gasteiger partial charge in [0.1, 0.15) is 17.9 Å². The Labute approximate surface area is 133 Å². The Kier molecular flexibility index (Phi) is 5.17. The lowest BCUT2D eigenvalue weighted by molar-refractivity contribution is 0.0595. The highest BCUT2D eigenvalue weighted by Crippen LogP contribution is 2.23. The molecule has 0 spiro atoms. The van der Waals surface area contributed by atoms with Crippen LogP contribution in [0.4, 0.5) is 0 Å². The molecule has 0 amide bonds. The first-order chi connectivity index (χ1) is 10.5. The van der Waals surface area contributed by atoms with Gasteiger partial charge in [-0.15, -0.1) is 0 Å². The Morgan fingerprint density at radius 2 is 1.77 bits per heavy atom. The average molecular weight is 319 g/mol. The van der Waals surface area contributed by atoms with Gasteiger partial charge in [-0.25, -0.2) is 4.79 Å². The number of ketones is 1. The highest BCUT2D eigenvalue weighted by atomic mass is 35.5. The molecule has 0 heterocycles. The smallest absolute Gasteiger partial charge is 0.341 e. The molecule has 0 aliphatic rings. The van der Waals surface area contributed by atoms with E-state index >= 15 is 0 Å². The SMILES string of the molecule is COC(=O)c1cc(C(C)=O)ccc1OCc1ccc(Cl)cc1. The molecule has 2 rings (SSSR count). The summed E-state index contributed by atoms with van der Waals surface area (Å²) in [7, 11) is 1.28. The van der Waals surface area contributed by atoms with Gasteiger partial charge in [0.25, 0.3) is 0 Å². The van der Waals surface area contributed by atoms with Crippen molar-refractivity contribution >= 4 is 23.4 Å². The standard InChI is InChI=1S/C17H15ClO4/c1-11(19)13-5-8-16(15(9-13)17(20)21-2)22-10-12-3-6-14(18)7-4-12/h3-9H,10H2,1-2H3. The number of benzene rings is 2. The van der Waals surface area contributed by atoms with Gasteiger partial charge in [0, 0.05) is 10.6 Å². The minimum Gasteiger partial charge on any atom is -0.488 e. The predicted molar refractivity (Wildman–Crippen MR) is 83.6 cm³/mol. The number of ether oxygens (including phenoxy) is 2. The van der Waals surface area contributed by atoms with Crippen molar-refractivity contribution in [1.82, 2.24) is 0 Å². The minimum atomic E-state index is -0.547. The summed E-state index contributed by atoms with van der Waals surface area (Å²) in [6.45, 7) is 1.71. The topological polar surface area (TPSA) is 52.6 Å². The number of hydrogen-bond donors (Lipinski definition) is 0. The molecular weight excluding hydrogens is 304 g/mol. The molecule has 4 nitrogen and oxygen atoms in total. The summed E-state index contributed by atoms with van der Waals surface area (Å²) in [6.07, 6.45) is 0. The number of halogens is 1. The van der Waals surface area contributed by atoms with E-state index in [0.29, 0.717) is 16.3 Å². The molecule has 0 saturated carbocycles. The van der Waals surface area contributed by atoms with Crippen LogP contribution in [0.25, 0.3) is 0 Å². The lowest BCUT2D eigenvalue weighted by Gasteiger charge is -2.11. The Hall–Kier alpha value is -2.33. The Balaban J connectivity index is 2.23. The third kappa shape index (κ3) is 3.86. The Morgan fingerprint density at radius 1 is 1.09 bits per heavy atom. The summed E-state index contributed by atoms with van der Waals surface area (Å²) < 4.78 is 10.4. The van der Waals surface area contributed by atoms with E-state index in [1.807, 2.05) is 12.1 Å². The Bertz CT molecular complexity index is 692. The van der Waals surface area contributed by atoms with Crippen molar-refractivity contribution in [2.45, 2.75) is 13.5 Å². The minimum absolute atomic E-state index is 0.130. The molecule has 22 heavy (non-hydrogen) atoms. The molecular formula is C17H15ClO4. The van der Waals surface area contributed by atoms with Crippen LogP contribution < -0.4 is 4.74 Å². The number of Topliss-reactive ketones (excluding diaryl/α,β-unsaturated/α-hetero) is 1. The monoisotopic (exact) mass is 318 g/mol. The number of rotatable bonds is 5. The number of carbonyl (C=O) groups is 2. The zero-order valence-electron chi connectivity index (χ0n) is 12.3. The molecule has 5 heteroatoms. The number of methoxy groups -OCH3 is 1. The summed E-state index contributed by atoms with van der Waals surface area (Å²) in [5.74, 6) is -0.310. The summed E-state index contributed by atoms with van der Waals surface area (Å²) in [5, 5.41) is 0.643. The van der Waals surface area contributed by atoms with Gasteiger partial charge in [-0.3, -0.25) is 4.79 Å². The lowest BCUT2D eigenvalue weighted by atomic mass is 10.1. The van der Waals surface area contributed by atoms with Gasteiger partial charge in [-0.2, -0.15) is 0 Å². The van der Waals surface area contributed by atoms with Gasteiger partial charge >= 0.3 is 5.97 Å². The van der Waals surface area contributed by atoms with Crippen LogP contribution in [0.3, 0.4) is 0 Å². The summed E-state index contributed by atoms with van der Waals surface area (Å²) in [5.41, 5.74) is 1.57. The van der Waals surface area contributed by atoms with Gasteiger partial charge in [-0.05, 0) is 42.8 Å². The van der Waals surface area contributed by atoms with Gasteiger partial charge in [0.2, 0.25) is 0 Å². The summed E-state index contributed by atoms with van der Waals surface area (Å²) in [4.78, 5) is 23.3. The maximum atomic E-state index is 11.8. The van der Waals surface area contributed by atoms with E-state index in [1.54, 1.807) is 24.3 Å². The van der Waals surface area contributed by atoms with Crippen LogP contribution >= 0.6 is 11.6 Å². The lowest BCUT2D eigenvalue weighted by Crippen LogP contribution is -2.07. The van der Waals surface area contributed by atoms with Crippen LogP contribution in [0.1, 0.15) is 33.2 Å². The van der Waals surface area contributed by atoms with E-state index in [2.05, 4.69) is 0 Å². The zero-order valence-corrected chi connectivity index (χ0v) is 13.0. The van der Waals surface area contributed by atoms with Crippen molar-refractivity contribution in [3.63, 3.8) is 0 Å². The van der Waals surface area contributed by atoms with Crippen molar-refractivity contribution in [2.24, 2.45) is 0 Å². The number of esters is 1.